The molecule has 2 aliphatic carbocycles. The molecule has 0 fully saturated rings. The Morgan fingerprint density at radius 3 is 1.24 bits per heavy atom. The molecule has 2 aliphatic rings. The van der Waals surface area contributed by atoms with Gasteiger partial charge < -0.3 is 9.11 Å². The van der Waals surface area contributed by atoms with Gasteiger partial charge >= 0.3 is 59.1 Å². The van der Waals surface area contributed by atoms with Crippen LogP contribution in [0.15, 0.2) is 112 Å². The summed E-state index contributed by atoms with van der Waals surface area (Å²) >= 11 is 0. The third-order valence-corrected chi connectivity index (χ3v) is 10.1. The molecule has 2 aromatic heterocycles. The minimum absolute atomic E-state index is 0. The first-order valence-electron chi connectivity index (χ1n) is 15.0. The van der Waals surface area contributed by atoms with Crippen LogP contribution in [0.4, 0.5) is 11.4 Å². The van der Waals surface area contributed by atoms with Gasteiger partial charge in [0, 0.05) is 14.1 Å². The van der Waals surface area contributed by atoms with E-state index in [1.54, 1.807) is 74.8 Å². The smallest absolute Gasteiger partial charge is 0.744 e. The molecule has 0 atom stereocenters. The summed E-state index contributed by atoms with van der Waals surface area (Å²) in [6.45, 7) is 3.04. The molecular weight excluding hydrogens is 767 g/mol. The summed E-state index contributed by atoms with van der Waals surface area (Å²) in [6.07, 6.45) is 0. The molecule has 0 saturated carbocycles. The summed E-state index contributed by atoms with van der Waals surface area (Å²) in [6, 6.07) is 17.8. The number of benzene rings is 2. The second kappa shape index (κ2) is 15.9. The van der Waals surface area contributed by atoms with Crippen LogP contribution in [0, 0.1) is 24.3 Å². The topological polar surface area (TPSA) is 251 Å². The first kappa shape index (κ1) is 42.5. The van der Waals surface area contributed by atoms with Crippen molar-refractivity contribution in [1.82, 2.24) is 18.7 Å². The zero-order chi connectivity index (χ0) is 37.9. The van der Waals surface area contributed by atoms with E-state index in [0.717, 1.165) is 0 Å². The van der Waals surface area contributed by atoms with Crippen LogP contribution in [0.5, 0.6) is 0 Å². The largest absolute Gasteiger partial charge is 1.00 e. The van der Waals surface area contributed by atoms with E-state index in [-0.39, 0.29) is 81.9 Å². The molecule has 0 saturated heterocycles. The van der Waals surface area contributed by atoms with E-state index in [4.69, 9.17) is 0 Å². The van der Waals surface area contributed by atoms with Gasteiger partial charge in [0.2, 0.25) is 10.9 Å². The Bertz CT molecular complexity index is 2890. The van der Waals surface area contributed by atoms with Gasteiger partial charge in [-0.05, 0) is 55.5 Å². The SMILES string of the molecule is Cc1c(N/N=c2/c(S(=O)(=O)[O-])cc3cc(S(=O)(=O)[O-])/c(=N/Nc4c(C)n(C)n(-c5ccccc5)c4=O)c(=O)c=3c2=O)c(=O)n(-c2ccccc2)n1C.[Na+].[Na+]. The summed E-state index contributed by atoms with van der Waals surface area (Å²) in [4.78, 5) is 51.8. The molecule has 18 nitrogen and oxygen atoms in total. The van der Waals surface area contributed by atoms with E-state index in [9.17, 15) is 45.1 Å². The molecular formula is C32H26N8Na2O10S2. The van der Waals surface area contributed by atoms with Gasteiger partial charge in [0.25, 0.3) is 11.1 Å². The van der Waals surface area contributed by atoms with E-state index >= 15 is 0 Å². The van der Waals surface area contributed by atoms with Crippen LogP contribution < -0.4 is 103 Å². The number of para-hydroxylation sites is 2. The monoisotopic (exact) mass is 792 g/mol. The molecule has 0 spiro atoms. The van der Waals surface area contributed by atoms with Crippen molar-refractivity contribution >= 4 is 31.6 Å². The van der Waals surface area contributed by atoms with Gasteiger partial charge in [-0.2, -0.15) is 10.2 Å². The molecule has 268 valence electrons. The minimum atomic E-state index is -5.55. The number of nitrogens with one attached hydrogen (secondary N) is 2. The Hall–Kier alpha value is -4.22. The molecule has 0 unspecified atom stereocenters. The third kappa shape index (κ3) is 7.54. The molecule has 54 heavy (non-hydrogen) atoms. The summed E-state index contributed by atoms with van der Waals surface area (Å²) in [5.74, 6) is 0. The number of nitrogens with zero attached hydrogens (tertiary/aromatic N) is 6. The Balaban J connectivity index is 0.00000325. The predicted molar refractivity (Wildman–Crippen MR) is 182 cm³/mol. The van der Waals surface area contributed by atoms with Crippen LogP contribution in [-0.2, 0) is 34.3 Å². The van der Waals surface area contributed by atoms with E-state index < -0.39 is 73.2 Å². The Kier molecular flexibility index (Phi) is 12.5. The fraction of sp³-hybridized carbons (Fsp3) is 0.125. The Labute approximate surface area is 349 Å². The van der Waals surface area contributed by atoms with Gasteiger partial charge in [-0.3, -0.25) is 39.4 Å². The maximum Gasteiger partial charge on any atom is 1.00 e. The normalized spacial score (nSPS) is 12.4. The molecule has 2 heterocycles. The van der Waals surface area contributed by atoms with Crippen molar-refractivity contribution in [1.29, 1.82) is 0 Å². The second-order valence-corrected chi connectivity index (χ2v) is 14.1. The molecule has 0 bridgehead atoms. The first-order valence-corrected chi connectivity index (χ1v) is 17.8. The molecule has 22 heteroatoms. The zero-order valence-electron chi connectivity index (χ0n) is 29.5. The average Bonchev–Trinajstić information content (AvgIpc) is 3.43. The van der Waals surface area contributed by atoms with Gasteiger partial charge in [0.1, 0.15) is 42.3 Å². The van der Waals surface area contributed by atoms with Crippen LogP contribution in [-0.4, -0.2) is 44.7 Å². The maximum atomic E-state index is 13.8. The number of anilines is 2. The standard InChI is InChI=1S/C32H28N8O10S2.2Na/c1-17-25(31(43)39(37(17)3)20-11-7-5-8-12-20)33-35-27-22(51(45,46)47)15-19-16-23(52(48,49)50)28(30(42)24(19)29(27)41)36-34-26-18(2)38(4)40(32(26)44)21-13-9-6-10-14-21;;/h5-16,33-34H,1-4H3,(H,45,46,47)(H,48,49,50);;/q;2*+1/p-2/b35-27-,36-28-;;. The molecule has 2 aromatic carbocycles. The fourth-order valence-electron chi connectivity index (χ4n) is 5.64. The Morgan fingerprint density at radius 2 is 0.926 bits per heavy atom. The van der Waals surface area contributed by atoms with Crippen LogP contribution in [0.25, 0.3) is 11.4 Å². The molecule has 6 rings (SSSR count). The number of aromatic nitrogens is 4. The van der Waals surface area contributed by atoms with Crippen LogP contribution in [0.2, 0.25) is 0 Å². The van der Waals surface area contributed by atoms with Crippen molar-refractivity contribution < 1.29 is 85.1 Å². The molecule has 0 amide bonds. The zero-order valence-corrected chi connectivity index (χ0v) is 35.1. The number of rotatable bonds is 8. The molecule has 2 N–H and O–H groups in total. The Morgan fingerprint density at radius 1 is 0.593 bits per heavy atom. The molecule has 0 aliphatic heterocycles. The fourth-order valence-corrected chi connectivity index (χ4v) is 6.93. The predicted octanol–water partition coefficient (Wildman–Crippen LogP) is -6.73. The minimum Gasteiger partial charge on any atom is -0.744 e. The van der Waals surface area contributed by atoms with Gasteiger partial charge in [0.15, 0.2) is 0 Å². The summed E-state index contributed by atoms with van der Waals surface area (Å²) in [5.41, 5.74) is 1.47. The van der Waals surface area contributed by atoms with Gasteiger partial charge in [0.05, 0.1) is 37.8 Å². The van der Waals surface area contributed by atoms with Crippen molar-refractivity contribution in [3.8, 4) is 11.4 Å². The van der Waals surface area contributed by atoms with Crippen LogP contribution in [0.1, 0.15) is 11.4 Å². The molecule has 0 radical (unpaired) electrons. The van der Waals surface area contributed by atoms with Gasteiger partial charge in [-0.25, -0.2) is 26.2 Å². The maximum absolute atomic E-state index is 13.8. The first-order chi connectivity index (χ1) is 24.4. The van der Waals surface area contributed by atoms with Crippen LogP contribution in [0.3, 0.4) is 0 Å². The quantitative estimate of drug-likeness (QED) is 0.0830. The van der Waals surface area contributed by atoms with E-state index in [2.05, 4.69) is 21.1 Å². The van der Waals surface area contributed by atoms with Gasteiger partial charge in [-0.15, -0.1) is 0 Å². The summed E-state index contributed by atoms with van der Waals surface area (Å²) < 4.78 is 79.5. The second-order valence-electron chi connectivity index (χ2n) is 11.4. The van der Waals surface area contributed by atoms with Crippen molar-refractivity contribution in [2.24, 2.45) is 24.3 Å². The van der Waals surface area contributed by atoms with Crippen molar-refractivity contribution in [3.63, 3.8) is 0 Å². The number of hydrogen-bond acceptors (Lipinski definition) is 14. The third-order valence-electron chi connectivity index (χ3n) is 8.42. The summed E-state index contributed by atoms with van der Waals surface area (Å²) in [5, 5.41) is 3.78. The van der Waals surface area contributed by atoms with Crippen molar-refractivity contribution in [2.75, 3.05) is 10.9 Å². The van der Waals surface area contributed by atoms with Crippen molar-refractivity contribution in [2.45, 2.75) is 23.6 Å². The van der Waals surface area contributed by atoms with Crippen molar-refractivity contribution in [3.05, 3.63) is 146 Å². The van der Waals surface area contributed by atoms with Crippen LogP contribution >= 0.6 is 0 Å². The summed E-state index contributed by atoms with van der Waals surface area (Å²) in [7, 11) is -7.99. The van der Waals surface area contributed by atoms with E-state index in [0.29, 0.717) is 23.5 Å². The van der Waals surface area contributed by atoms with Gasteiger partial charge in [-0.1, -0.05) is 36.4 Å². The number of hydrogen-bond donors (Lipinski definition) is 2. The van der Waals surface area contributed by atoms with E-state index in [1.807, 2.05) is 0 Å². The molecule has 4 aromatic rings. The van der Waals surface area contributed by atoms with E-state index in [1.165, 1.54) is 32.6 Å². The average molecular weight is 793 g/mol.